The van der Waals surface area contributed by atoms with E-state index in [2.05, 4.69) is 20.4 Å². The average Bonchev–Trinajstić information content (AvgIpc) is 2.53. The molecule has 0 aliphatic carbocycles. The number of esters is 1. The van der Waals surface area contributed by atoms with Gasteiger partial charge in [0, 0.05) is 6.42 Å². The van der Waals surface area contributed by atoms with E-state index < -0.39 is 12.1 Å². The van der Waals surface area contributed by atoms with Gasteiger partial charge in [-0.05, 0) is 12.8 Å². The molecule has 2 N–H and O–H groups in total. The highest BCUT2D eigenvalue weighted by atomic mass is 16.5. The van der Waals surface area contributed by atoms with Gasteiger partial charge in [-0.25, -0.2) is 9.79 Å². The summed E-state index contributed by atoms with van der Waals surface area (Å²) in [4.78, 5) is 38.5. The third-order valence-electron chi connectivity index (χ3n) is 3.34. The summed E-state index contributed by atoms with van der Waals surface area (Å²) in [5.41, 5.74) is 0. The van der Waals surface area contributed by atoms with Gasteiger partial charge in [-0.15, -0.1) is 0 Å². The molecule has 0 bridgehead atoms. The van der Waals surface area contributed by atoms with Crippen LogP contribution in [0, 0.1) is 0 Å². The molecule has 130 valence electrons. The molecule has 0 atom stereocenters. The summed E-state index contributed by atoms with van der Waals surface area (Å²) in [5, 5.41) is 4.75. The number of carbonyl (C=O) groups is 3. The lowest BCUT2D eigenvalue weighted by Gasteiger charge is -2.10. The van der Waals surface area contributed by atoms with Crippen LogP contribution < -0.4 is 10.6 Å². The van der Waals surface area contributed by atoms with Crippen molar-refractivity contribution in [3.8, 4) is 0 Å². The zero-order valence-corrected chi connectivity index (χ0v) is 13.6. The Kier molecular flexibility index (Phi) is 9.42. The van der Waals surface area contributed by atoms with E-state index in [0.717, 1.165) is 44.9 Å². The molecule has 1 aliphatic heterocycles. The second-order valence-corrected chi connectivity index (χ2v) is 5.27. The highest BCUT2D eigenvalue weighted by Crippen LogP contribution is 2.09. The van der Waals surface area contributed by atoms with E-state index in [1.165, 1.54) is 7.11 Å². The second kappa shape index (κ2) is 11.4. The Morgan fingerprint density at radius 2 is 1.78 bits per heavy atom. The van der Waals surface area contributed by atoms with E-state index in [9.17, 15) is 14.4 Å². The molecule has 0 aromatic heterocycles. The minimum Gasteiger partial charge on any atom is -0.464 e. The Morgan fingerprint density at radius 1 is 1.13 bits per heavy atom. The molecule has 0 unspecified atom stereocenters. The molecule has 8 heteroatoms. The predicted molar refractivity (Wildman–Crippen MR) is 83.9 cm³/mol. The molecule has 23 heavy (non-hydrogen) atoms. The Bertz CT molecular complexity index is 437. The van der Waals surface area contributed by atoms with E-state index >= 15 is 0 Å². The largest absolute Gasteiger partial charge is 0.464 e. The number of amides is 2. The van der Waals surface area contributed by atoms with Crippen LogP contribution in [0.2, 0.25) is 0 Å². The van der Waals surface area contributed by atoms with E-state index in [-0.39, 0.29) is 18.4 Å². The minimum absolute atomic E-state index is 0.106. The number of nitrogens with one attached hydrogen (secondary N) is 2. The summed E-state index contributed by atoms with van der Waals surface area (Å²) < 4.78 is 9.50. The van der Waals surface area contributed by atoms with E-state index in [1.54, 1.807) is 0 Å². The molecule has 0 fully saturated rings. The first-order chi connectivity index (χ1) is 11.1. The number of methoxy groups -OCH3 is 1. The number of alkyl carbamates (subject to hydrolysis) is 1. The third-order valence-corrected chi connectivity index (χ3v) is 3.34. The van der Waals surface area contributed by atoms with Crippen molar-refractivity contribution < 1.29 is 23.9 Å². The number of aliphatic imine (C=N–C) groups is 1. The Morgan fingerprint density at radius 3 is 2.48 bits per heavy atom. The van der Waals surface area contributed by atoms with Crippen LogP contribution in [-0.4, -0.2) is 44.2 Å². The van der Waals surface area contributed by atoms with Crippen molar-refractivity contribution in [1.82, 2.24) is 10.6 Å². The smallest absolute Gasteiger partial charge is 0.413 e. The first-order valence-electron chi connectivity index (χ1n) is 7.96. The quantitative estimate of drug-likeness (QED) is 0.656. The first-order valence-corrected chi connectivity index (χ1v) is 7.96. The average molecular weight is 327 g/mol. The second-order valence-electron chi connectivity index (χ2n) is 5.27. The maximum atomic E-state index is 11.8. The van der Waals surface area contributed by atoms with Crippen LogP contribution in [0.4, 0.5) is 4.79 Å². The summed E-state index contributed by atoms with van der Waals surface area (Å²) in [6.07, 6.45) is 6.48. The number of rotatable bonds is 0. The van der Waals surface area contributed by atoms with Crippen LogP contribution in [-0.2, 0) is 19.1 Å². The predicted octanol–water partition coefficient (Wildman–Crippen LogP) is 1.49. The number of carbonyl (C=O) groups excluding carboxylic acids is 3. The molecule has 0 saturated heterocycles. The monoisotopic (exact) mass is 327 g/mol. The standard InChI is InChI=1S/C15H25N3O5/c1-22-15(21)18-14-16-11-13(20)23-10-8-6-4-2-3-5-7-9-12(19)17-14/h2-11H2,1H3,(H2,16,17,18,19,21). The van der Waals surface area contributed by atoms with Crippen molar-refractivity contribution >= 4 is 23.9 Å². The van der Waals surface area contributed by atoms with Crippen LogP contribution in [0.5, 0.6) is 0 Å². The SMILES string of the molecule is COC(=O)NC1=NCC(=O)OCCCCCCCCCC(=O)N1. The van der Waals surface area contributed by atoms with Crippen LogP contribution in [0.3, 0.4) is 0 Å². The van der Waals surface area contributed by atoms with E-state index in [0.29, 0.717) is 13.0 Å². The molecule has 1 rings (SSSR count). The van der Waals surface area contributed by atoms with Crippen LogP contribution in [0.1, 0.15) is 51.4 Å². The molecule has 1 heterocycles. The van der Waals surface area contributed by atoms with Crippen LogP contribution in [0.25, 0.3) is 0 Å². The van der Waals surface area contributed by atoms with E-state index in [1.807, 2.05) is 0 Å². The van der Waals surface area contributed by atoms with Crippen molar-refractivity contribution in [2.75, 3.05) is 20.3 Å². The number of cyclic esters (lactones) is 1. The number of hydrogen-bond donors (Lipinski definition) is 2. The van der Waals surface area contributed by atoms with Crippen LogP contribution in [0.15, 0.2) is 4.99 Å². The molecule has 0 radical (unpaired) electrons. The Labute approximate surface area is 136 Å². The summed E-state index contributed by atoms with van der Waals surface area (Å²) >= 11 is 0. The highest BCUT2D eigenvalue weighted by Gasteiger charge is 2.11. The zero-order chi connectivity index (χ0) is 16.9. The number of nitrogens with zero attached hydrogens (tertiary/aromatic N) is 1. The van der Waals surface area contributed by atoms with Gasteiger partial charge in [0.2, 0.25) is 11.9 Å². The van der Waals surface area contributed by atoms with Gasteiger partial charge in [0.25, 0.3) is 0 Å². The van der Waals surface area contributed by atoms with Crippen molar-refractivity contribution in [3.05, 3.63) is 0 Å². The lowest BCUT2D eigenvalue weighted by Crippen LogP contribution is -2.44. The lowest BCUT2D eigenvalue weighted by atomic mass is 10.1. The fourth-order valence-electron chi connectivity index (χ4n) is 2.10. The van der Waals surface area contributed by atoms with Crippen molar-refractivity contribution in [2.45, 2.75) is 51.4 Å². The molecule has 0 saturated carbocycles. The third kappa shape index (κ3) is 9.49. The summed E-state index contributed by atoms with van der Waals surface area (Å²) in [7, 11) is 1.20. The molecule has 8 nitrogen and oxygen atoms in total. The number of guanidine groups is 1. The number of ether oxygens (including phenoxy) is 2. The van der Waals surface area contributed by atoms with Gasteiger partial charge in [0.15, 0.2) is 0 Å². The van der Waals surface area contributed by atoms with E-state index in [4.69, 9.17) is 4.74 Å². The molecular formula is C15H25N3O5. The van der Waals surface area contributed by atoms with Gasteiger partial charge in [-0.3, -0.25) is 20.2 Å². The van der Waals surface area contributed by atoms with Crippen molar-refractivity contribution in [1.29, 1.82) is 0 Å². The fraction of sp³-hybridized carbons (Fsp3) is 0.733. The van der Waals surface area contributed by atoms with Gasteiger partial charge < -0.3 is 9.47 Å². The highest BCUT2D eigenvalue weighted by molar-refractivity contribution is 6.03. The van der Waals surface area contributed by atoms with Crippen molar-refractivity contribution in [3.63, 3.8) is 0 Å². The van der Waals surface area contributed by atoms with Gasteiger partial charge in [0.1, 0.15) is 6.54 Å². The normalized spacial score (nSPS) is 19.1. The fourth-order valence-corrected chi connectivity index (χ4v) is 2.10. The van der Waals surface area contributed by atoms with Gasteiger partial charge in [-0.2, -0.15) is 0 Å². The Balaban J connectivity index is 2.64. The molecule has 2 amide bonds. The van der Waals surface area contributed by atoms with Gasteiger partial charge in [-0.1, -0.05) is 32.1 Å². The summed E-state index contributed by atoms with van der Waals surface area (Å²) in [6.45, 7) is 0.0834. The summed E-state index contributed by atoms with van der Waals surface area (Å²) in [6, 6.07) is 0. The lowest BCUT2D eigenvalue weighted by molar-refractivity contribution is -0.142. The maximum Gasteiger partial charge on any atom is 0.413 e. The number of hydrogen-bond acceptors (Lipinski definition) is 6. The minimum atomic E-state index is -0.771. The van der Waals surface area contributed by atoms with Crippen molar-refractivity contribution in [2.24, 2.45) is 4.99 Å². The van der Waals surface area contributed by atoms with Crippen LogP contribution >= 0.6 is 0 Å². The van der Waals surface area contributed by atoms with Gasteiger partial charge >= 0.3 is 12.1 Å². The zero-order valence-electron chi connectivity index (χ0n) is 13.6. The maximum absolute atomic E-state index is 11.8. The first kappa shape index (κ1) is 18.9. The van der Waals surface area contributed by atoms with Gasteiger partial charge in [0.05, 0.1) is 13.7 Å². The Hall–Kier alpha value is -2.12. The molecule has 1 aliphatic rings. The molecule has 0 aromatic carbocycles. The molecule has 0 aromatic rings. The molecule has 0 spiro atoms. The topological polar surface area (TPSA) is 106 Å². The molecular weight excluding hydrogens is 302 g/mol. The summed E-state index contributed by atoms with van der Waals surface area (Å²) in [5.74, 6) is -0.873.